The van der Waals surface area contributed by atoms with Gasteiger partial charge >= 0.3 is 0 Å². The van der Waals surface area contributed by atoms with Gasteiger partial charge in [-0.15, -0.1) is 0 Å². The molecule has 0 radical (unpaired) electrons. The number of hydroxylamine groups is 1. The predicted molar refractivity (Wildman–Crippen MR) is 96.6 cm³/mol. The first-order chi connectivity index (χ1) is 12.6. The highest BCUT2D eigenvalue weighted by Crippen LogP contribution is 2.28. The van der Waals surface area contributed by atoms with Gasteiger partial charge in [0.25, 0.3) is 5.91 Å². The summed E-state index contributed by atoms with van der Waals surface area (Å²) in [6.45, 7) is 0.849. The standard InChI is InChI=1S/C17H17BrFN5O2/c18-12-3-4-15(14(19)5-12)21-24-7-13-6-20-10-23(13)8-16(24)17(25)22-26-9-11-1-2-11/h3-6,8,10-11,21H,1-2,7,9H2,(H,22,25). The number of anilines is 1. The minimum Gasteiger partial charge on any atom is -0.306 e. The van der Waals surface area contributed by atoms with Gasteiger partial charge in [0.05, 0.1) is 37.1 Å². The van der Waals surface area contributed by atoms with Gasteiger partial charge in [-0.05, 0) is 37.0 Å². The van der Waals surface area contributed by atoms with Crippen molar-refractivity contribution in [1.82, 2.24) is 20.0 Å². The largest absolute Gasteiger partial charge is 0.306 e. The van der Waals surface area contributed by atoms with Crippen molar-refractivity contribution in [3.05, 3.63) is 52.4 Å². The van der Waals surface area contributed by atoms with Crippen LogP contribution in [0, 0.1) is 11.7 Å². The highest BCUT2D eigenvalue weighted by molar-refractivity contribution is 9.10. The van der Waals surface area contributed by atoms with E-state index < -0.39 is 11.7 Å². The van der Waals surface area contributed by atoms with E-state index in [1.807, 2.05) is 0 Å². The number of nitrogens with one attached hydrogen (secondary N) is 2. The number of hydrogen-bond acceptors (Lipinski definition) is 5. The second-order valence-corrected chi connectivity index (χ2v) is 7.23. The third-order valence-electron chi connectivity index (χ3n) is 4.22. The SMILES string of the molecule is O=C(NOCC1CC1)C1=Cn2cncc2CN1Nc1ccc(Br)cc1F. The summed E-state index contributed by atoms with van der Waals surface area (Å²) in [5, 5.41) is 1.57. The minimum atomic E-state index is -0.428. The van der Waals surface area contributed by atoms with Crippen molar-refractivity contribution >= 4 is 33.7 Å². The Labute approximate surface area is 157 Å². The normalized spacial score (nSPS) is 16.1. The van der Waals surface area contributed by atoms with E-state index >= 15 is 0 Å². The maximum atomic E-state index is 14.2. The molecule has 26 heavy (non-hydrogen) atoms. The summed E-state index contributed by atoms with van der Waals surface area (Å²) in [4.78, 5) is 21.9. The molecule has 2 aliphatic rings. The summed E-state index contributed by atoms with van der Waals surface area (Å²) in [6, 6.07) is 4.69. The van der Waals surface area contributed by atoms with Gasteiger partial charge in [0, 0.05) is 10.7 Å². The fraction of sp³-hybridized carbons (Fsp3) is 0.294. The summed E-state index contributed by atoms with van der Waals surface area (Å²) in [6.07, 6.45) is 7.21. The van der Waals surface area contributed by atoms with Crippen molar-refractivity contribution in [3.63, 3.8) is 0 Å². The molecule has 1 aliphatic heterocycles. The van der Waals surface area contributed by atoms with Gasteiger partial charge in [0.15, 0.2) is 0 Å². The molecular weight excluding hydrogens is 405 g/mol. The fourth-order valence-corrected chi connectivity index (χ4v) is 2.92. The molecule has 0 atom stereocenters. The monoisotopic (exact) mass is 421 g/mol. The first-order valence-corrected chi connectivity index (χ1v) is 9.03. The van der Waals surface area contributed by atoms with Crippen molar-refractivity contribution in [2.75, 3.05) is 12.0 Å². The Hall–Kier alpha value is -2.39. The lowest BCUT2D eigenvalue weighted by molar-refractivity contribution is -0.131. The first kappa shape index (κ1) is 17.0. The van der Waals surface area contributed by atoms with Crippen LogP contribution in [-0.4, -0.2) is 27.1 Å². The first-order valence-electron chi connectivity index (χ1n) is 8.24. The van der Waals surface area contributed by atoms with Crippen LogP contribution >= 0.6 is 15.9 Å². The zero-order valence-electron chi connectivity index (χ0n) is 13.8. The molecule has 1 fully saturated rings. The van der Waals surface area contributed by atoms with Crippen LogP contribution in [0.3, 0.4) is 0 Å². The predicted octanol–water partition coefficient (Wildman–Crippen LogP) is 2.88. The number of nitrogens with zero attached hydrogens (tertiary/aromatic N) is 3. The molecule has 9 heteroatoms. The molecule has 0 unspecified atom stereocenters. The number of hydrogen-bond donors (Lipinski definition) is 2. The number of rotatable bonds is 6. The van der Waals surface area contributed by atoms with Gasteiger partial charge in [0.2, 0.25) is 0 Å². The number of imidazole rings is 1. The third kappa shape index (κ3) is 3.73. The van der Waals surface area contributed by atoms with E-state index in [0.29, 0.717) is 29.2 Å². The number of benzene rings is 1. The van der Waals surface area contributed by atoms with E-state index in [4.69, 9.17) is 4.84 Å². The van der Waals surface area contributed by atoms with Gasteiger partial charge in [-0.2, -0.15) is 0 Å². The number of hydrazine groups is 1. The van der Waals surface area contributed by atoms with Crippen molar-refractivity contribution in [2.45, 2.75) is 19.4 Å². The molecule has 2 aromatic rings. The summed E-state index contributed by atoms with van der Waals surface area (Å²) in [5.74, 6) is -0.305. The van der Waals surface area contributed by atoms with Gasteiger partial charge < -0.3 is 4.57 Å². The molecule has 2 heterocycles. The van der Waals surface area contributed by atoms with Crippen molar-refractivity contribution in [2.24, 2.45) is 5.92 Å². The van der Waals surface area contributed by atoms with Crippen LogP contribution in [0.4, 0.5) is 10.1 Å². The van der Waals surface area contributed by atoms with Gasteiger partial charge in [-0.3, -0.25) is 20.1 Å². The molecular formula is C17H17BrFN5O2. The van der Waals surface area contributed by atoms with Crippen molar-refractivity contribution < 1.29 is 14.0 Å². The summed E-state index contributed by atoms with van der Waals surface area (Å²) < 4.78 is 16.6. The minimum absolute atomic E-state index is 0.263. The van der Waals surface area contributed by atoms with E-state index in [0.717, 1.165) is 18.5 Å². The Bertz CT molecular complexity index is 865. The zero-order chi connectivity index (χ0) is 18.1. The van der Waals surface area contributed by atoms with Crippen molar-refractivity contribution in [3.8, 4) is 0 Å². The van der Waals surface area contributed by atoms with Crippen molar-refractivity contribution in [1.29, 1.82) is 0 Å². The number of fused-ring (bicyclic) bond motifs is 1. The average Bonchev–Trinajstić information content (AvgIpc) is 3.32. The number of carbonyl (C=O) groups excluding carboxylic acids is 1. The fourth-order valence-electron chi connectivity index (χ4n) is 2.59. The Morgan fingerprint density at radius 2 is 2.27 bits per heavy atom. The van der Waals surface area contributed by atoms with Crippen LogP contribution in [0.15, 0.2) is 40.9 Å². The summed E-state index contributed by atoms with van der Waals surface area (Å²) in [5.41, 5.74) is 6.85. The molecule has 1 amide bonds. The van der Waals surface area contributed by atoms with Crippen LogP contribution in [0.2, 0.25) is 0 Å². The lowest BCUT2D eigenvalue weighted by Crippen LogP contribution is -2.40. The molecule has 1 aromatic heterocycles. The van der Waals surface area contributed by atoms with E-state index in [-0.39, 0.29) is 5.69 Å². The van der Waals surface area contributed by atoms with E-state index in [1.54, 1.807) is 40.4 Å². The molecule has 1 aliphatic carbocycles. The summed E-state index contributed by atoms with van der Waals surface area (Å²) >= 11 is 3.23. The number of halogens is 2. The maximum Gasteiger partial charge on any atom is 0.294 e. The topological polar surface area (TPSA) is 71.4 Å². The molecule has 2 N–H and O–H groups in total. The molecule has 1 saturated carbocycles. The quantitative estimate of drug-likeness (QED) is 0.701. The number of amides is 1. The average molecular weight is 422 g/mol. The molecule has 0 spiro atoms. The van der Waals surface area contributed by atoms with Gasteiger partial charge in [0.1, 0.15) is 11.5 Å². The third-order valence-corrected chi connectivity index (χ3v) is 4.71. The Balaban J connectivity index is 1.53. The second-order valence-electron chi connectivity index (χ2n) is 6.31. The van der Waals surface area contributed by atoms with E-state index in [9.17, 15) is 9.18 Å². The number of aromatic nitrogens is 2. The molecule has 0 saturated heterocycles. The molecule has 4 rings (SSSR count). The second kappa shape index (κ2) is 7.08. The molecule has 136 valence electrons. The van der Waals surface area contributed by atoms with E-state index in [1.165, 1.54) is 6.07 Å². The van der Waals surface area contributed by atoms with Crippen LogP contribution in [-0.2, 0) is 16.2 Å². The van der Waals surface area contributed by atoms with Gasteiger partial charge in [-0.1, -0.05) is 15.9 Å². The van der Waals surface area contributed by atoms with Crippen LogP contribution < -0.4 is 10.9 Å². The van der Waals surface area contributed by atoms with Crippen LogP contribution in [0.5, 0.6) is 0 Å². The Kier molecular flexibility index (Phi) is 4.64. The smallest absolute Gasteiger partial charge is 0.294 e. The molecule has 0 bridgehead atoms. The molecule has 1 aromatic carbocycles. The highest BCUT2D eigenvalue weighted by atomic mass is 79.9. The van der Waals surface area contributed by atoms with Crippen LogP contribution in [0.25, 0.3) is 6.20 Å². The Morgan fingerprint density at radius 1 is 1.42 bits per heavy atom. The Morgan fingerprint density at radius 3 is 3.04 bits per heavy atom. The van der Waals surface area contributed by atoms with Crippen LogP contribution in [0.1, 0.15) is 18.5 Å². The van der Waals surface area contributed by atoms with Gasteiger partial charge in [-0.25, -0.2) is 14.9 Å². The summed E-state index contributed by atoms with van der Waals surface area (Å²) in [7, 11) is 0. The molecule has 7 nitrogen and oxygen atoms in total. The lowest BCUT2D eigenvalue weighted by atomic mass is 10.3. The lowest BCUT2D eigenvalue weighted by Gasteiger charge is -2.31. The zero-order valence-corrected chi connectivity index (χ0v) is 15.4. The highest BCUT2D eigenvalue weighted by Gasteiger charge is 2.26. The van der Waals surface area contributed by atoms with E-state index in [2.05, 4.69) is 31.8 Å². The number of carbonyl (C=O) groups is 1. The maximum absolute atomic E-state index is 14.2.